The fourth-order valence-electron chi connectivity index (χ4n) is 4.97. The number of nitrogen functional groups attached to an aromatic ring is 1. The Morgan fingerprint density at radius 3 is 2.46 bits per heavy atom. The zero-order valence-electron chi connectivity index (χ0n) is 20.7. The third-order valence-corrected chi connectivity index (χ3v) is 7.00. The predicted molar refractivity (Wildman–Crippen MR) is 141 cm³/mol. The van der Waals surface area contributed by atoms with Crippen molar-refractivity contribution in [1.29, 1.82) is 0 Å². The molecular formula is C27H29N7O3. The molecule has 0 saturated carbocycles. The van der Waals surface area contributed by atoms with E-state index in [0.29, 0.717) is 55.6 Å². The summed E-state index contributed by atoms with van der Waals surface area (Å²) >= 11 is 0. The summed E-state index contributed by atoms with van der Waals surface area (Å²) < 4.78 is 12.6. The zero-order valence-corrected chi connectivity index (χ0v) is 20.7. The molecule has 0 spiro atoms. The molecule has 2 aromatic heterocycles. The molecule has 4 aromatic rings. The number of rotatable bonds is 5. The molecule has 2 aromatic carbocycles. The Bertz CT molecular complexity index is 1410. The van der Waals surface area contributed by atoms with Gasteiger partial charge in [0.2, 0.25) is 5.95 Å². The number of piperazine rings is 1. The third kappa shape index (κ3) is 4.33. The minimum Gasteiger partial charge on any atom is -0.497 e. The number of hydrogen-bond acceptors (Lipinski definition) is 8. The normalized spacial score (nSPS) is 17.9. The lowest BCUT2D eigenvalue weighted by atomic mass is 10.1. The van der Waals surface area contributed by atoms with Crippen LogP contribution in [0.25, 0.3) is 28.0 Å². The van der Waals surface area contributed by atoms with Crippen LogP contribution in [0.15, 0.2) is 54.6 Å². The molecule has 1 atom stereocenters. The Kier molecular flexibility index (Phi) is 6.09. The molecule has 1 amide bonds. The Balaban J connectivity index is 1.35. The van der Waals surface area contributed by atoms with Crippen molar-refractivity contribution in [3.8, 4) is 22.7 Å². The number of anilines is 2. The predicted octanol–water partition coefficient (Wildman–Crippen LogP) is 2.90. The van der Waals surface area contributed by atoms with E-state index in [0.717, 1.165) is 35.5 Å². The first-order valence-corrected chi connectivity index (χ1v) is 12.5. The van der Waals surface area contributed by atoms with Crippen LogP contribution < -0.4 is 15.4 Å². The van der Waals surface area contributed by atoms with E-state index in [-0.39, 0.29) is 12.0 Å². The number of ether oxygens (including phenoxy) is 2. The van der Waals surface area contributed by atoms with Gasteiger partial charge in [-0.3, -0.25) is 4.79 Å². The lowest BCUT2D eigenvalue weighted by Crippen LogP contribution is -2.51. The highest BCUT2D eigenvalue weighted by molar-refractivity contribution is 5.99. The van der Waals surface area contributed by atoms with Crippen LogP contribution in [0.3, 0.4) is 0 Å². The summed E-state index contributed by atoms with van der Waals surface area (Å²) in [6, 6.07) is 17.5. The first-order valence-electron chi connectivity index (χ1n) is 12.5. The van der Waals surface area contributed by atoms with Crippen LogP contribution in [0.1, 0.15) is 12.8 Å². The van der Waals surface area contributed by atoms with Crippen molar-refractivity contribution in [1.82, 2.24) is 24.6 Å². The maximum atomic E-state index is 12.8. The molecule has 0 bridgehead atoms. The molecule has 10 nitrogen and oxygen atoms in total. The van der Waals surface area contributed by atoms with Crippen LogP contribution in [0.4, 0.5) is 11.8 Å². The number of nitrogens with two attached hydrogens (primary N) is 1. The highest BCUT2D eigenvalue weighted by Crippen LogP contribution is 2.34. The van der Waals surface area contributed by atoms with E-state index in [4.69, 9.17) is 30.3 Å². The molecule has 0 radical (unpaired) electrons. The first-order chi connectivity index (χ1) is 18.1. The van der Waals surface area contributed by atoms with Crippen LogP contribution >= 0.6 is 0 Å². The lowest BCUT2D eigenvalue weighted by Gasteiger charge is -2.35. The Morgan fingerprint density at radius 2 is 1.78 bits per heavy atom. The number of fused-ring (bicyclic) bond motifs is 1. The van der Waals surface area contributed by atoms with Gasteiger partial charge in [-0.15, -0.1) is 5.10 Å². The molecule has 2 N–H and O–H groups in total. The molecule has 6 rings (SSSR count). The second kappa shape index (κ2) is 9.70. The number of nitrogens with zero attached hydrogens (tertiary/aromatic N) is 6. The van der Waals surface area contributed by atoms with Crippen LogP contribution in [-0.4, -0.2) is 76.6 Å². The number of amides is 1. The average molecular weight is 500 g/mol. The molecule has 2 aliphatic rings. The van der Waals surface area contributed by atoms with Crippen molar-refractivity contribution in [2.75, 3.05) is 50.5 Å². The quantitative estimate of drug-likeness (QED) is 0.446. The molecule has 1 unspecified atom stereocenters. The highest BCUT2D eigenvalue weighted by Gasteiger charge is 2.31. The summed E-state index contributed by atoms with van der Waals surface area (Å²) in [5, 5.41) is 5.47. The number of aromatic nitrogens is 4. The lowest BCUT2D eigenvalue weighted by molar-refractivity contribution is -0.141. The molecule has 190 valence electrons. The maximum absolute atomic E-state index is 12.8. The van der Waals surface area contributed by atoms with Crippen molar-refractivity contribution in [3.05, 3.63) is 54.6 Å². The maximum Gasteiger partial charge on any atom is 0.251 e. The zero-order chi connectivity index (χ0) is 25.4. The number of hydrogen-bond donors (Lipinski definition) is 1. The standard InChI is InChI=1S/C27H29N7O3/c1-36-20-11-9-19(10-12-20)34-24(28)22-23(18-6-3-2-4-7-18)29-27(30-25(22)31-34)33-15-13-32(14-16-33)26(35)21-8-5-17-37-21/h2-4,6-7,9-12,21H,5,8,13-17,28H2,1H3. The van der Waals surface area contributed by atoms with E-state index in [1.54, 1.807) is 11.8 Å². The van der Waals surface area contributed by atoms with Crippen molar-refractivity contribution in [2.24, 2.45) is 0 Å². The SMILES string of the molecule is COc1ccc(-n2nc3nc(N4CCN(C(=O)C5CCCO5)CC4)nc(-c4ccccc4)c3c2N)cc1. The molecule has 2 fully saturated rings. The fourth-order valence-corrected chi connectivity index (χ4v) is 4.97. The van der Waals surface area contributed by atoms with Gasteiger partial charge in [-0.2, -0.15) is 4.98 Å². The topological polar surface area (TPSA) is 112 Å². The average Bonchev–Trinajstić information content (AvgIpc) is 3.61. The largest absolute Gasteiger partial charge is 0.497 e. The molecular weight excluding hydrogens is 470 g/mol. The van der Waals surface area contributed by atoms with Crippen molar-refractivity contribution in [2.45, 2.75) is 18.9 Å². The minimum absolute atomic E-state index is 0.0875. The number of carbonyl (C=O) groups excluding carboxylic acids is 1. The van der Waals surface area contributed by atoms with Gasteiger partial charge in [-0.1, -0.05) is 30.3 Å². The van der Waals surface area contributed by atoms with Gasteiger partial charge >= 0.3 is 0 Å². The number of methoxy groups -OCH3 is 1. The molecule has 2 saturated heterocycles. The van der Waals surface area contributed by atoms with Crippen molar-refractivity contribution < 1.29 is 14.3 Å². The van der Waals surface area contributed by atoms with Gasteiger partial charge in [0.1, 0.15) is 17.7 Å². The molecule has 2 aliphatic heterocycles. The van der Waals surface area contributed by atoms with Gasteiger partial charge in [0, 0.05) is 38.3 Å². The molecule has 37 heavy (non-hydrogen) atoms. The minimum atomic E-state index is -0.297. The van der Waals surface area contributed by atoms with Gasteiger partial charge in [0.05, 0.1) is 23.9 Å². The highest BCUT2D eigenvalue weighted by atomic mass is 16.5. The fraction of sp³-hybridized carbons (Fsp3) is 0.333. The van der Waals surface area contributed by atoms with Crippen LogP contribution in [0.2, 0.25) is 0 Å². The Morgan fingerprint density at radius 1 is 1.03 bits per heavy atom. The Labute approximate surface area is 214 Å². The third-order valence-electron chi connectivity index (χ3n) is 7.00. The molecule has 0 aliphatic carbocycles. The second-order valence-electron chi connectivity index (χ2n) is 9.25. The summed E-state index contributed by atoms with van der Waals surface area (Å²) in [7, 11) is 1.63. The second-order valence-corrected chi connectivity index (χ2v) is 9.25. The van der Waals surface area contributed by atoms with E-state index in [9.17, 15) is 4.79 Å². The van der Waals surface area contributed by atoms with Gasteiger partial charge in [0.15, 0.2) is 5.65 Å². The van der Waals surface area contributed by atoms with E-state index < -0.39 is 0 Å². The van der Waals surface area contributed by atoms with Crippen LogP contribution in [-0.2, 0) is 9.53 Å². The van der Waals surface area contributed by atoms with Crippen LogP contribution in [0.5, 0.6) is 5.75 Å². The summed E-state index contributed by atoms with van der Waals surface area (Å²) in [4.78, 5) is 26.6. The van der Waals surface area contributed by atoms with E-state index in [1.807, 2.05) is 59.5 Å². The van der Waals surface area contributed by atoms with Crippen LogP contribution in [0, 0.1) is 0 Å². The van der Waals surface area contributed by atoms with Crippen molar-refractivity contribution >= 4 is 28.7 Å². The first kappa shape index (κ1) is 23.2. The van der Waals surface area contributed by atoms with Gasteiger partial charge < -0.3 is 25.0 Å². The Hall–Kier alpha value is -4.18. The van der Waals surface area contributed by atoms with Gasteiger partial charge in [-0.25, -0.2) is 9.67 Å². The van der Waals surface area contributed by atoms with E-state index >= 15 is 0 Å². The summed E-state index contributed by atoms with van der Waals surface area (Å²) in [5.74, 6) is 1.89. The smallest absolute Gasteiger partial charge is 0.251 e. The number of carbonyl (C=O) groups is 1. The summed E-state index contributed by atoms with van der Waals surface area (Å²) in [6.07, 6.45) is 1.45. The van der Waals surface area contributed by atoms with E-state index in [2.05, 4.69) is 4.90 Å². The summed E-state index contributed by atoms with van der Waals surface area (Å²) in [6.45, 7) is 3.13. The van der Waals surface area contributed by atoms with Crippen molar-refractivity contribution in [3.63, 3.8) is 0 Å². The summed E-state index contributed by atoms with van der Waals surface area (Å²) in [5.41, 5.74) is 9.63. The molecule has 10 heteroatoms. The monoisotopic (exact) mass is 499 g/mol. The number of benzene rings is 2. The molecule has 4 heterocycles. The van der Waals surface area contributed by atoms with E-state index in [1.165, 1.54) is 0 Å². The van der Waals surface area contributed by atoms with Gasteiger partial charge in [-0.05, 0) is 37.1 Å². The van der Waals surface area contributed by atoms with Gasteiger partial charge in [0.25, 0.3) is 5.91 Å².